The number of rotatable bonds is 1. The lowest BCUT2D eigenvalue weighted by molar-refractivity contribution is -0.135. The second-order valence-corrected chi connectivity index (χ2v) is 5.64. The van der Waals surface area contributed by atoms with Gasteiger partial charge in [-0.05, 0) is 34.5 Å². The molecule has 0 bridgehead atoms. The number of nitrogens with zero attached hydrogens (tertiary/aromatic N) is 2. The highest BCUT2D eigenvalue weighted by atomic mass is 79.9. The lowest BCUT2D eigenvalue weighted by atomic mass is 10.1. The summed E-state index contributed by atoms with van der Waals surface area (Å²) in [5.41, 5.74) is 1.16. The van der Waals surface area contributed by atoms with Gasteiger partial charge in [-0.15, -0.1) is 0 Å². The van der Waals surface area contributed by atoms with Crippen LogP contribution in [0.3, 0.4) is 0 Å². The number of imide groups is 1. The Morgan fingerprint density at radius 2 is 1.91 bits per heavy atom. The molecular formula is C15H18BrN3O3. The number of hydrogen-bond donors (Lipinski definition) is 1. The minimum Gasteiger partial charge on any atom is -0.295 e. The summed E-state index contributed by atoms with van der Waals surface area (Å²) in [6, 6.07) is 4.81. The molecule has 1 aromatic carbocycles. The number of piperidine rings is 1. The normalized spacial score (nSPS) is 17.9. The van der Waals surface area contributed by atoms with Crippen molar-refractivity contribution in [1.82, 2.24) is 14.5 Å². The summed E-state index contributed by atoms with van der Waals surface area (Å²) in [7, 11) is 1.66. The molecule has 3 rings (SSSR count). The van der Waals surface area contributed by atoms with Crippen molar-refractivity contribution in [3.63, 3.8) is 0 Å². The van der Waals surface area contributed by atoms with Gasteiger partial charge in [0.15, 0.2) is 0 Å². The molecule has 0 radical (unpaired) electrons. The van der Waals surface area contributed by atoms with E-state index in [0.29, 0.717) is 11.9 Å². The Labute approximate surface area is 136 Å². The molecule has 22 heavy (non-hydrogen) atoms. The highest BCUT2D eigenvalue weighted by Crippen LogP contribution is 2.27. The van der Waals surface area contributed by atoms with Crippen molar-refractivity contribution in [3.8, 4) is 0 Å². The fourth-order valence-electron chi connectivity index (χ4n) is 2.62. The van der Waals surface area contributed by atoms with Crippen LogP contribution in [-0.2, 0) is 16.6 Å². The lowest BCUT2D eigenvalue weighted by Gasteiger charge is -2.21. The van der Waals surface area contributed by atoms with Crippen molar-refractivity contribution in [2.45, 2.75) is 32.7 Å². The lowest BCUT2D eigenvalue weighted by Crippen LogP contribution is -2.44. The number of hydrogen-bond acceptors (Lipinski definition) is 3. The second kappa shape index (κ2) is 6.48. The van der Waals surface area contributed by atoms with Crippen LogP contribution in [0.5, 0.6) is 0 Å². The highest BCUT2D eigenvalue weighted by molar-refractivity contribution is 9.10. The van der Waals surface area contributed by atoms with Crippen LogP contribution in [0.2, 0.25) is 0 Å². The van der Waals surface area contributed by atoms with Crippen molar-refractivity contribution >= 4 is 38.8 Å². The van der Waals surface area contributed by atoms with Gasteiger partial charge in [0.2, 0.25) is 11.8 Å². The number of nitrogens with one attached hydrogen (secondary N) is 1. The number of amides is 2. The number of carbonyl (C=O) groups excluding carboxylic acids is 2. The van der Waals surface area contributed by atoms with Gasteiger partial charge in [-0.3, -0.25) is 24.0 Å². The van der Waals surface area contributed by atoms with Gasteiger partial charge in [0.05, 0.1) is 11.0 Å². The van der Waals surface area contributed by atoms with E-state index in [1.54, 1.807) is 13.1 Å². The molecule has 7 heteroatoms. The van der Waals surface area contributed by atoms with E-state index in [-0.39, 0.29) is 18.0 Å². The maximum absolute atomic E-state index is 12.4. The third kappa shape index (κ3) is 2.61. The summed E-state index contributed by atoms with van der Waals surface area (Å²) in [6.07, 6.45) is 0.587. The molecule has 1 fully saturated rings. The zero-order chi connectivity index (χ0) is 16.4. The fraction of sp³-hybridized carbons (Fsp3) is 0.400. The largest absolute Gasteiger partial charge is 0.329 e. The van der Waals surface area contributed by atoms with Crippen molar-refractivity contribution in [3.05, 3.63) is 33.2 Å². The first-order valence-corrected chi connectivity index (χ1v) is 7.99. The summed E-state index contributed by atoms with van der Waals surface area (Å²) >= 11 is 3.42. The maximum atomic E-state index is 12.4. The topological polar surface area (TPSA) is 73.1 Å². The summed E-state index contributed by atoms with van der Waals surface area (Å²) in [4.78, 5) is 35.6. The van der Waals surface area contributed by atoms with Crippen molar-refractivity contribution < 1.29 is 9.59 Å². The minimum absolute atomic E-state index is 0.243. The molecule has 1 saturated heterocycles. The first-order valence-electron chi connectivity index (χ1n) is 7.20. The molecule has 2 amide bonds. The van der Waals surface area contributed by atoms with Gasteiger partial charge in [0.1, 0.15) is 6.04 Å². The van der Waals surface area contributed by atoms with E-state index in [1.807, 2.05) is 26.0 Å². The Bertz CT molecular complexity index is 791. The zero-order valence-electron chi connectivity index (χ0n) is 12.7. The number of fused-ring (bicyclic) bond motifs is 1. The molecule has 0 aliphatic carbocycles. The first-order chi connectivity index (χ1) is 10.5. The predicted molar refractivity (Wildman–Crippen MR) is 87.6 cm³/mol. The molecular weight excluding hydrogens is 350 g/mol. The number of halogens is 1. The van der Waals surface area contributed by atoms with Crippen LogP contribution in [0.1, 0.15) is 32.7 Å². The van der Waals surface area contributed by atoms with Crippen LogP contribution in [0.25, 0.3) is 11.0 Å². The second-order valence-electron chi connectivity index (χ2n) is 4.79. The highest BCUT2D eigenvalue weighted by Gasteiger charge is 2.31. The van der Waals surface area contributed by atoms with E-state index < -0.39 is 11.9 Å². The van der Waals surface area contributed by atoms with Crippen LogP contribution >= 0.6 is 15.9 Å². The monoisotopic (exact) mass is 367 g/mol. The molecule has 1 unspecified atom stereocenters. The number of para-hydroxylation sites is 1. The predicted octanol–water partition coefficient (Wildman–Crippen LogP) is 2.11. The molecule has 0 spiro atoms. The van der Waals surface area contributed by atoms with Gasteiger partial charge in [-0.2, -0.15) is 0 Å². The Balaban J connectivity index is 0.000000847. The summed E-state index contributed by atoms with van der Waals surface area (Å²) in [6.45, 7) is 4.00. The van der Waals surface area contributed by atoms with Crippen LogP contribution < -0.4 is 11.0 Å². The van der Waals surface area contributed by atoms with E-state index in [4.69, 9.17) is 0 Å². The minimum atomic E-state index is -0.641. The van der Waals surface area contributed by atoms with Crippen LogP contribution in [0.15, 0.2) is 27.5 Å². The van der Waals surface area contributed by atoms with Crippen molar-refractivity contribution in [2.75, 3.05) is 0 Å². The Morgan fingerprint density at radius 1 is 1.23 bits per heavy atom. The van der Waals surface area contributed by atoms with Crippen LogP contribution in [-0.4, -0.2) is 20.9 Å². The molecule has 118 valence electrons. The first kappa shape index (κ1) is 16.5. The third-order valence-electron chi connectivity index (χ3n) is 3.58. The molecule has 1 N–H and O–H groups in total. The SMILES string of the molecule is CC.Cn1c(=O)n(C2CCC(=O)NC2=O)c2cccc(Br)c21. The van der Waals surface area contributed by atoms with Gasteiger partial charge in [0, 0.05) is 17.9 Å². The smallest absolute Gasteiger partial charge is 0.295 e. The summed E-state index contributed by atoms with van der Waals surface area (Å²) < 4.78 is 3.76. The van der Waals surface area contributed by atoms with Crippen molar-refractivity contribution in [2.24, 2.45) is 7.05 Å². The van der Waals surface area contributed by atoms with Gasteiger partial charge < -0.3 is 0 Å². The van der Waals surface area contributed by atoms with E-state index in [2.05, 4.69) is 21.2 Å². The van der Waals surface area contributed by atoms with Crippen LogP contribution in [0.4, 0.5) is 0 Å². The Kier molecular flexibility index (Phi) is 4.85. The Morgan fingerprint density at radius 3 is 2.55 bits per heavy atom. The standard InChI is InChI=1S/C13H12BrN3O3.C2H6/c1-16-11-7(14)3-2-4-8(11)17(13(16)20)9-5-6-10(18)15-12(9)19;1-2/h2-4,9H,5-6H2,1H3,(H,15,18,19);1-2H3. The van der Waals surface area contributed by atoms with E-state index in [9.17, 15) is 14.4 Å². The van der Waals surface area contributed by atoms with Gasteiger partial charge in [-0.1, -0.05) is 19.9 Å². The zero-order valence-corrected chi connectivity index (χ0v) is 14.3. The average Bonchev–Trinajstić information content (AvgIpc) is 2.75. The van der Waals surface area contributed by atoms with E-state index in [0.717, 1.165) is 9.99 Å². The summed E-state index contributed by atoms with van der Waals surface area (Å²) in [5.74, 6) is -0.712. The van der Waals surface area contributed by atoms with Crippen molar-refractivity contribution in [1.29, 1.82) is 0 Å². The maximum Gasteiger partial charge on any atom is 0.329 e. The molecule has 6 nitrogen and oxygen atoms in total. The van der Waals surface area contributed by atoms with Gasteiger partial charge >= 0.3 is 5.69 Å². The number of aryl methyl sites for hydroxylation is 1. The molecule has 2 heterocycles. The van der Waals surface area contributed by atoms with Gasteiger partial charge in [-0.25, -0.2) is 4.79 Å². The molecule has 0 saturated carbocycles. The van der Waals surface area contributed by atoms with E-state index in [1.165, 1.54) is 9.13 Å². The molecule has 1 atom stereocenters. The van der Waals surface area contributed by atoms with Crippen LogP contribution in [0, 0.1) is 0 Å². The third-order valence-corrected chi connectivity index (χ3v) is 4.22. The Hall–Kier alpha value is -1.89. The number of carbonyl (C=O) groups is 2. The summed E-state index contributed by atoms with van der Waals surface area (Å²) in [5, 5.41) is 2.29. The molecule has 1 aliphatic heterocycles. The number of imidazole rings is 1. The molecule has 2 aromatic rings. The molecule has 1 aromatic heterocycles. The van der Waals surface area contributed by atoms with Gasteiger partial charge in [0.25, 0.3) is 0 Å². The quantitative estimate of drug-likeness (QED) is 0.784. The number of benzene rings is 1. The molecule has 1 aliphatic rings. The number of aromatic nitrogens is 2. The van der Waals surface area contributed by atoms with E-state index >= 15 is 0 Å². The fourth-order valence-corrected chi connectivity index (χ4v) is 3.24. The average molecular weight is 368 g/mol.